The highest BCUT2D eigenvalue weighted by molar-refractivity contribution is 5.61. The first-order chi connectivity index (χ1) is 8.67. The Morgan fingerprint density at radius 3 is 2.94 bits per heavy atom. The topological polar surface area (TPSA) is 53.0 Å². The van der Waals surface area contributed by atoms with Gasteiger partial charge in [0.2, 0.25) is 0 Å². The summed E-state index contributed by atoms with van der Waals surface area (Å²) in [6.45, 7) is 5.93. The quantitative estimate of drug-likeness (QED) is 0.868. The minimum Gasteiger partial charge on any atom is -0.366 e. The zero-order valence-electron chi connectivity index (χ0n) is 11.2. The average Bonchev–Trinajstić information content (AvgIpc) is 2.38. The molecule has 18 heavy (non-hydrogen) atoms. The van der Waals surface area contributed by atoms with E-state index in [0.717, 1.165) is 23.4 Å². The number of nitrogens with zero attached hydrogens (tertiary/aromatic N) is 2. The third-order valence-electron chi connectivity index (χ3n) is 3.94. The van der Waals surface area contributed by atoms with Crippen molar-refractivity contribution in [3.05, 3.63) is 29.3 Å². The molecule has 1 aromatic rings. The molecule has 1 fully saturated rings. The van der Waals surface area contributed by atoms with Gasteiger partial charge in [0.25, 0.3) is 0 Å². The van der Waals surface area contributed by atoms with Gasteiger partial charge in [-0.25, -0.2) is 0 Å². The van der Waals surface area contributed by atoms with E-state index in [4.69, 9.17) is 5.73 Å². The van der Waals surface area contributed by atoms with Gasteiger partial charge in [0.1, 0.15) is 6.07 Å². The van der Waals surface area contributed by atoms with Crippen LogP contribution in [0.4, 0.5) is 5.69 Å². The molecule has 0 spiro atoms. The molecule has 96 valence electrons. The van der Waals surface area contributed by atoms with Crippen LogP contribution in [-0.2, 0) is 0 Å². The van der Waals surface area contributed by atoms with Crippen LogP contribution in [-0.4, -0.2) is 19.1 Å². The van der Waals surface area contributed by atoms with Gasteiger partial charge in [-0.1, -0.05) is 13.0 Å². The summed E-state index contributed by atoms with van der Waals surface area (Å²) in [5.41, 5.74) is 8.86. The lowest BCUT2D eigenvalue weighted by atomic mass is 9.89. The summed E-state index contributed by atoms with van der Waals surface area (Å²) < 4.78 is 0. The first-order valence-corrected chi connectivity index (χ1v) is 6.65. The van der Waals surface area contributed by atoms with E-state index in [0.29, 0.717) is 18.5 Å². The Kier molecular flexibility index (Phi) is 3.88. The fourth-order valence-corrected chi connectivity index (χ4v) is 2.90. The molecule has 0 radical (unpaired) electrons. The molecule has 2 atom stereocenters. The molecule has 0 amide bonds. The van der Waals surface area contributed by atoms with E-state index in [9.17, 15) is 5.26 Å². The van der Waals surface area contributed by atoms with Crippen LogP contribution in [0.1, 0.15) is 30.9 Å². The standard InChI is InChI=1S/C15H21N3/c1-11-5-6-14(13(8-11)9-16)18-7-3-4-12(2)15(18)10-17/h5-6,8,12,15H,3-4,7,10,17H2,1-2H3. The van der Waals surface area contributed by atoms with E-state index < -0.39 is 0 Å². The maximum Gasteiger partial charge on any atom is 0.101 e. The lowest BCUT2D eigenvalue weighted by Crippen LogP contribution is -2.49. The van der Waals surface area contributed by atoms with E-state index in [-0.39, 0.29) is 0 Å². The molecule has 0 aliphatic carbocycles. The molecule has 0 aromatic heterocycles. The summed E-state index contributed by atoms with van der Waals surface area (Å²) in [7, 11) is 0. The van der Waals surface area contributed by atoms with Crippen molar-refractivity contribution >= 4 is 5.69 Å². The van der Waals surface area contributed by atoms with Crippen molar-refractivity contribution in [2.45, 2.75) is 32.7 Å². The number of hydrogen-bond acceptors (Lipinski definition) is 3. The van der Waals surface area contributed by atoms with Crippen molar-refractivity contribution in [1.29, 1.82) is 5.26 Å². The van der Waals surface area contributed by atoms with Crippen LogP contribution in [0.25, 0.3) is 0 Å². The third kappa shape index (κ3) is 2.34. The number of benzene rings is 1. The van der Waals surface area contributed by atoms with Crippen LogP contribution in [0, 0.1) is 24.2 Å². The Bertz CT molecular complexity index is 461. The lowest BCUT2D eigenvalue weighted by Gasteiger charge is -2.41. The molecule has 0 bridgehead atoms. The van der Waals surface area contributed by atoms with E-state index in [1.54, 1.807) is 0 Å². The van der Waals surface area contributed by atoms with Crippen LogP contribution in [0.2, 0.25) is 0 Å². The average molecular weight is 243 g/mol. The molecule has 1 aliphatic rings. The van der Waals surface area contributed by atoms with Crippen molar-refractivity contribution < 1.29 is 0 Å². The molecule has 2 unspecified atom stereocenters. The normalized spacial score (nSPS) is 23.8. The molecule has 1 saturated heterocycles. The van der Waals surface area contributed by atoms with Gasteiger partial charge in [-0.15, -0.1) is 0 Å². The van der Waals surface area contributed by atoms with Gasteiger partial charge >= 0.3 is 0 Å². The summed E-state index contributed by atoms with van der Waals surface area (Å²) in [6.07, 6.45) is 2.41. The van der Waals surface area contributed by atoms with Crippen molar-refractivity contribution in [2.75, 3.05) is 18.0 Å². The second-order valence-corrected chi connectivity index (χ2v) is 5.25. The molecular formula is C15H21N3. The Hall–Kier alpha value is -1.53. The number of piperidine rings is 1. The van der Waals surface area contributed by atoms with Gasteiger partial charge in [-0.05, 0) is 43.4 Å². The number of aryl methyl sites for hydroxylation is 1. The van der Waals surface area contributed by atoms with Crippen LogP contribution in [0.5, 0.6) is 0 Å². The maximum atomic E-state index is 9.29. The summed E-state index contributed by atoms with van der Waals surface area (Å²) in [5.74, 6) is 0.594. The third-order valence-corrected chi connectivity index (χ3v) is 3.94. The number of rotatable bonds is 2. The van der Waals surface area contributed by atoms with Crippen LogP contribution >= 0.6 is 0 Å². The highest BCUT2D eigenvalue weighted by Gasteiger charge is 2.28. The van der Waals surface area contributed by atoms with E-state index >= 15 is 0 Å². The predicted octanol–water partition coefficient (Wildman–Crippen LogP) is 2.43. The van der Waals surface area contributed by atoms with Crippen LogP contribution in [0.3, 0.4) is 0 Å². The Morgan fingerprint density at radius 2 is 2.28 bits per heavy atom. The van der Waals surface area contributed by atoms with E-state index in [2.05, 4.69) is 30.0 Å². The van der Waals surface area contributed by atoms with Crippen LogP contribution in [0.15, 0.2) is 18.2 Å². The summed E-state index contributed by atoms with van der Waals surface area (Å²) in [5, 5.41) is 9.29. The molecule has 2 rings (SSSR count). The molecule has 3 heteroatoms. The molecule has 1 aliphatic heterocycles. The van der Waals surface area contributed by atoms with Crippen molar-refractivity contribution in [1.82, 2.24) is 0 Å². The van der Waals surface area contributed by atoms with Crippen molar-refractivity contribution in [2.24, 2.45) is 11.7 Å². The summed E-state index contributed by atoms with van der Waals surface area (Å²) in [6, 6.07) is 8.76. The zero-order chi connectivity index (χ0) is 13.1. The second kappa shape index (κ2) is 5.41. The molecular weight excluding hydrogens is 222 g/mol. The van der Waals surface area contributed by atoms with Gasteiger partial charge in [0, 0.05) is 19.1 Å². The van der Waals surface area contributed by atoms with Gasteiger partial charge in [0.05, 0.1) is 11.3 Å². The SMILES string of the molecule is Cc1ccc(N2CCCC(C)C2CN)c(C#N)c1. The minimum absolute atomic E-state index is 0.355. The Labute approximate surface area is 109 Å². The summed E-state index contributed by atoms with van der Waals surface area (Å²) >= 11 is 0. The lowest BCUT2D eigenvalue weighted by molar-refractivity contribution is 0.350. The fraction of sp³-hybridized carbons (Fsp3) is 0.533. The molecule has 1 heterocycles. The number of hydrogen-bond donors (Lipinski definition) is 1. The van der Waals surface area contributed by atoms with E-state index in [1.807, 2.05) is 13.0 Å². The number of anilines is 1. The fourth-order valence-electron chi connectivity index (χ4n) is 2.90. The Balaban J connectivity index is 2.38. The molecule has 3 nitrogen and oxygen atoms in total. The van der Waals surface area contributed by atoms with E-state index in [1.165, 1.54) is 12.8 Å². The number of nitriles is 1. The predicted molar refractivity (Wildman–Crippen MR) is 74.5 cm³/mol. The number of nitrogens with two attached hydrogens (primary N) is 1. The highest BCUT2D eigenvalue weighted by Crippen LogP contribution is 2.30. The van der Waals surface area contributed by atoms with Gasteiger partial charge in [-0.3, -0.25) is 0 Å². The second-order valence-electron chi connectivity index (χ2n) is 5.25. The van der Waals surface area contributed by atoms with Crippen molar-refractivity contribution in [3.63, 3.8) is 0 Å². The van der Waals surface area contributed by atoms with Gasteiger partial charge in [0.15, 0.2) is 0 Å². The van der Waals surface area contributed by atoms with Gasteiger partial charge < -0.3 is 10.6 Å². The highest BCUT2D eigenvalue weighted by atomic mass is 15.2. The Morgan fingerprint density at radius 1 is 1.50 bits per heavy atom. The van der Waals surface area contributed by atoms with Crippen LogP contribution < -0.4 is 10.6 Å². The zero-order valence-corrected chi connectivity index (χ0v) is 11.2. The first kappa shape index (κ1) is 12.9. The van der Waals surface area contributed by atoms with Crippen molar-refractivity contribution in [3.8, 4) is 6.07 Å². The summed E-state index contributed by atoms with van der Waals surface area (Å²) in [4.78, 5) is 2.33. The molecule has 1 aromatic carbocycles. The molecule has 2 N–H and O–H groups in total. The van der Waals surface area contributed by atoms with Gasteiger partial charge in [-0.2, -0.15) is 5.26 Å². The smallest absolute Gasteiger partial charge is 0.101 e. The maximum absolute atomic E-state index is 9.29. The monoisotopic (exact) mass is 243 g/mol. The first-order valence-electron chi connectivity index (χ1n) is 6.65. The minimum atomic E-state index is 0.355. The largest absolute Gasteiger partial charge is 0.366 e. The molecule has 0 saturated carbocycles.